The second-order valence-corrected chi connectivity index (χ2v) is 4.29. The molecule has 15 heavy (non-hydrogen) atoms. The lowest BCUT2D eigenvalue weighted by molar-refractivity contribution is 0.125. The van der Waals surface area contributed by atoms with E-state index in [2.05, 4.69) is 27.0 Å². The highest BCUT2D eigenvalue weighted by Gasteiger charge is 2.20. The minimum absolute atomic E-state index is 0.372. The smallest absolute Gasteiger partial charge is 0.112 e. The van der Waals surface area contributed by atoms with Gasteiger partial charge in [-0.15, -0.1) is 0 Å². The highest BCUT2D eigenvalue weighted by Crippen LogP contribution is 2.24. The highest BCUT2D eigenvalue weighted by molar-refractivity contribution is 9.10. The molecule has 0 saturated heterocycles. The molecular weight excluding hydrogens is 256 g/mol. The summed E-state index contributed by atoms with van der Waals surface area (Å²) in [6.07, 6.45) is 2.41. The number of halogens is 1. The molecule has 0 aliphatic heterocycles. The third-order valence-corrected chi connectivity index (χ3v) is 2.67. The lowest BCUT2D eigenvalue weighted by Gasteiger charge is -2.15. The molecule has 1 aromatic heterocycles. The summed E-state index contributed by atoms with van der Waals surface area (Å²) in [6.45, 7) is 1.99. The van der Waals surface area contributed by atoms with Crippen LogP contribution in [-0.2, 0) is 0 Å². The molecule has 0 spiro atoms. The molecule has 1 N–H and O–H groups in total. The van der Waals surface area contributed by atoms with Crippen molar-refractivity contribution in [3.63, 3.8) is 0 Å². The number of hydrogen-bond donors (Lipinski definition) is 1. The van der Waals surface area contributed by atoms with Gasteiger partial charge in [-0.25, -0.2) is 0 Å². The van der Waals surface area contributed by atoms with E-state index in [0.717, 1.165) is 10.9 Å². The second-order valence-electron chi connectivity index (χ2n) is 3.37. The summed E-state index contributed by atoms with van der Waals surface area (Å²) >= 11 is 3.27. The monoisotopic (exact) mass is 268 g/mol. The van der Waals surface area contributed by atoms with Gasteiger partial charge in [0.15, 0.2) is 0 Å². The Bertz CT molecular complexity index is 345. The Balaban J connectivity index is 2.79. The summed E-state index contributed by atoms with van der Waals surface area (Å²) < 4.78 is 0.863. The molecule has 0 bridgehead atoms. The largest absolute Gasteiger partial charge is 0.385 e. The van der Waals surface area contributed by atoms with Crippen molar-refractivity contribution >= 4 is 15.9 Å². The van der Waals surface area contributed by atoms with E-state index in [0.29, 0.717) is 12.1 Å². The van der Waals surface area contributed by atoms with Crippen LogP contribution in [0.2, 0.25) is 0 Å². The maximum atomic E-state index is 9.90. The zero-order valence-electron chi connectivity index (χ0n) is 8.52. The third kappa shape index (κ3) is 3.29. The number of nitriles is 1. The predicted molar refractivity (Wildman–Crippen MR) is 60.9 cm³/mol. The van der Waals surface area contributed by atoms with Crippen molar-refractivity contribution in [2.75, 3.05) is 0 Å². The topological polar surface area (TPSA) is 56.9 Å². The Morgan fingerprint density at radius 3 is 2.80 bits per heavy atom. The number of aliphatic hydroxyl groups is 1. The van der Waals surface area contributed by atoms with Crippen LogP contribution < -0.4 is 0 Å². The Morgan fingerprint density at radius 2 is 2.33 bits per heavy atom. The van der Waals surface area contributed by atoms with Gasteiger partial charge in [0, 0.05) is 10.7 Å². The molecule has 0 saturated carbocycles. The van der Waals surface area contributed by atoms with Crippen molar-refractivity contribution in [3.05, 3.63) is 28.5 Å². The van der Waals surface area contributed by atoms with Crippen LogP contribution in [0.5, 0.6) is 0 Å². The molecule has 1 rings (SSSR count). The van der Waals surface area contributed by atoms with E-state index in [1.165, 1.54) is 0 Å². The number of aromatic nitrogens is 1. The van der Waals surface area contributed by atoms with Crippen molar-refractivity contribution in [1.29, 1.82) is 5.26 Å². The van der Waals surface area contributed by atoms with Crippen LogP contribution in [-0.4, -0.2) is 10.1 Å². The Labute approximate surface area is 97.9 Å². The Kier molecular flexibility index (Phi) is 4.73. The zero-order chi connectivity index (χ0) is 11.3. The van der Waals surface area contributed by atoms with Crippen molar-refractivity contribution < 1.29 is 5.11 Å². The summed E-state index contributed by atoms with van der Waals surface area (Å²) in [5.41, 5.74) is 0.554. The fourth-order valence-corrected chi connectivity index (χ4v) is 1.61. The fourth-order valence-electron chi connectivity index (χ4n) is 1.37. The van der Waals surface area contributed by atoms with Crippen molar-refractivity contribution in [2.45, 2.75) is 25.9 Å². The Morgan fingerprint density at radius 1 is 1.60 bits per heavy atom. The van der Waals surface area contributed by atoms with Crippen LogP contribution >= 0.6 is 15.9 Å². The van der Waals surface area contributed by atoms with Gasteiger partial charge in [-0.2, -0.15) is 5.26 Å². The summed E-state index contributed by atoms with van der Waals surface area (Å²) in [5, 5.41) is 18.8. The molecule has 2 unspecified atom stereocenters. The second kappa shape index (κ2) is 5.84. The lowest BCUT2D eigenvalue weighted by atomic mass is 9.96. The van der Waals surface area contributed by atoms with Crippen LogP contribution in [0.15, 0.2) is 22.8 Å². The molecule has 0 amide bonds. The van der Waals surface area contributed by atoms with E-state index in [1.54, 1.807) is 12.3 Å². The van der Waals surface area contributed by atoms with Gasteiger partial charge in [0.05, 0.1) is 17.7 Å². The van der Waals surface area contributed by atoms with Gasteiger partial charge in [0.2, 0.25) is 0 Å². The number of rotatable bonds is 4. The molecule has 1 heterocycles. The SMILES string of the molecule is CCCC(C#N)C(O)c1ccc(Br)cn1. The Hall–Kier alpha value is -0.920. The first-order chi connectivity index (χ1) is 7.19. The molecule has 0 radical (unpaired) electrons. The maximum absolute atomic E-state index is 9.90. The maximum Gasteiger partial charge on any atom is 0.112 e. The van der Waals surface area contributed by atoms with Gasteiger partial charge in [-0.05, 0) is 34.5 Å². The minimum Gasteiger partial charge on any atom is -0.385 e. The average molecular weight is 269 g/mol. The van der Waals surface area contributed by atoms with Gasteiger partial charge in [-0.3, -0.25) is 4.98 Å². The summed E-state index contributed by atoms with van der Waals surface area (Å²) in [5.74, 6) is -0.372. The van der Waals surface area contributed by atoms with Gasteiger partial charge in [0.1, 0.15) is 6.10 Å². The van der Waals surface area contributed by atoms with E-state index in [9.17, 15) is 5.11 Å². The highest BCUT2D eigenvalue weighted by atomic mass is 79.9. The van der Waals surface area contributed by atoms with E-state index < -0.39 is 6.10 Å². The number of hydrogen-bond acceptors (Lipinski definition) is 3. The van der Waals surface area contributed by atoms with Crippen molar-refractivity contribution in [1.82, 2.24) is 4.98 Å². The first-order valence-corrected chi connectivity index (χ1v) is 5.67. The lowest BCUT2D eigenvalue weighted by Crippen LogP contribution is -2.11. The first kappa shape index (κ1) is 12.2. The van der Waals surface area contributed by atoms with Crippen LogP contribution in [0.25, 0.3) is 0 Å². The predicted octanol–water partition coefficient (Wildman–Crippen LogP) is 2.82. The summed E-state index contributed by atoms with van der Waals surface area (Å²) in [4.78, 5) is 4.08. The van der Waals surface area contributed by atoms with E-state index in [-0.39, 0.29) is 5.92 Å². The molecule has 3 nitrogen and oxygen atoms in total. The average Bonchev–Trinajstić information content (AvgIpc) is 2.26. The summed E-state index contributed by atoms with van der Waals surface area (Å²) in [7, 11) is 0. The zero-order valence-corrected chi connectivity index (χ0v) is 10.1. The summed E-state index contributed by atoms with van der Waals surface area (Å²) in [6, 6.07) is 5.66. The first-order valence-electron chi connectivity index (χ1n) is 4.88. The van der Waals surface area contributed by atoms with Crippen molar-refractivity contribution in [3.8, 4) is 6.07 Å². The standard InChI is InChI=1S/C11H13BrN2O/c1-2-3-8(6-13)11(15)10-5-4-9(12)7-14-10/h4-5,7-8,11,15H,2-3H2,1H3. The van der Waals surface area contributed by atoms with E-state index in [1.807, 2.05) is 13.0 Å². The van der Waals surface area contributed by atoms with Crippen LogP contribution in [0.3, 0.4) is 0 Å². The normalized spacial score (nSPS) is 14.3. The van der Waals surface area contributed by atoms with E-state index in [4.69, 9.17) is 5.26 Å². The van der Waals surface area contributed by atoms with E-state index >= 15 is 0 Å². The molecule has 0 aliphatic rings. The molecule has 1 aromatic rings. The van der Waals surface area contributed by atoms with Crippen molar-refractivity contribution in [2.24, 2.45) is 5.92 Å². The van der Waals surface area contributed by atoms with Gasteiger partial charge < -0.3 is 5.11 Å². The molecule has 4 heteroatoms. The molecule has 0 fully saturated rings. The molecule has 2 atom stereocenters. The number of nitrogens with zero attached hydrogens (tertiary/aromatic N) is 2. The van der Waals surface area contributed by atoms with Gasteiger partial charge in [-0.1, -0.05) is 13.3 Å². The molecule has 0 aliphatic carbocycles. The molecular formula is C11H13BrN2O. The fraction of sp³-hybridized carbons (Fsp3) is 0.455. The van der Waals surface area contributed by atoms with Gasteiger partial charge in [0.25, 0.3) is 0 Å². The number of pyridine rings is 1. The van der Waals surface area contributed by atoms with Crippen LogP contribution in [0, 0.1) is 17.2 Å². The quantitative estimate of drug-likeness (QED) is 0.914. The van der Waals surface area contributed by atoms with Crippen LogP contribution in [0.1, 0.15) is 31.6 Å². The van der Waals surface area contributed by atoms with Gasteiger partial charge >= 0.3 is 0 Å². The third-order valence-electron chi connectivity index (χ3n) is 2.20. The number of aliphatic hydroxyl groups excluding tert-OH is 1. The molecule has 80 valence electrons. The minimum atomic E-state index is -0.789. The molecule has 0 aromatic carbocycles. The van der Waals surface area contributed by atoms with Crippen LogP contribution in [0.4, 0.5) is 0 Å².